The highest BCUT2D eigenvalue weighted by atomic mass is 31.1. The van der Waals surface area contributed by atoms with Crippen LogP contribution >= 0.6 is 9.03 Å². The van der Waals surface area contributed by atoms with Crippen molar-refractivity contribution in [2.75, 3.05) is 20.0 Å². The van der Waals surface area contributed by atoms with Crippen molar-refractivity contribution in [2.45, 2.75) is 27.2 Å². The maximum absolute atomic E-state index is 11.5. The molecule has 0 saturated carbocycles. The van der Waals surface area contributed by atoms with Crippen LogP contribution in [0.15, 0.2) is 12.2 Å². The first kappa shape index (κ1) is 25.4. The van der Waals surface area contributed by atoms with E-state index in [1.165, 1.54) is 13.8 Å². The SMILES string of the molecule is CCCOCO[PH2+]OCC(=O)C(C)(C)C(=O)O.O=C(O)C=CC(=O)O. The van der Waals surface area contributed by atoms with Gasteiger partial charge in [0.05, 0.1) is 0 Å². The van der Waals surface area contributed by atoms with Crippen molar-refractivity contribution in [1.29, 1.82) is 0 Å². The first-order chi connectivity index (χ1) is 11.6. The van der Waals surface area contributed by atoms with Crippen LogP contribution in [0.3, 0.4) is 0 Å². The molecule has 0 aromatic heterocycles. The van der Waals surface area contributed by atoms with E-state index in [4.69, 9.17) is 29.1 Å². The normalized spacial score (nSPS) is 11.3. The van der Waals surface area contributed by atoms with Gasteiger partial charge in [-0.1, -0.05) is 6.92 Å². The number of hydrogen-bond donors (Lipinski definition) is 3. The minimum Gasteiger partial charge on any atom is -0.481 e. The Kier molecular flexibility index (Phi) is 14.7. The molecule has 0 saturated heterocycles. The second kappa shape index (κ2) is 14.5. The molecule has 0 fully saturated rings. The van der Waals surface area contributed by atoms with Gasteiger partial charge < -0.3 is 20.1 Å². The van der Waals surface area contributed by atoms with E-state index in [9.17, 15) is 19.2 Å². The molecule has 0 amide bonds. The number of rotatable bonds is 12. The van der Waals surface area contributed by atoms with Gasteiger partial charge in [0.2, 0.25) is 0 Å². The molecular weight excluding hydrogens is 359 g/mol. The molecule has 144 valence electrons. The molecule has 0 aromatic rings. The predicted octanol–water partition coefficient (Wildman–Crippen LogP) is 1.04. The standard InChI is InChI=1S/C10H19O6P.C4H4O4/c1-4-5-14-7-16-17-15-6-8(11)10(2,3)9(12)13;5-3(6)1-2-4(7)8/h4-7,17H2,1-3H3;1-2H,(H,5,6)(H,7,8)/p+1. The summed E-state index contributed by atoms with van der Waals surface area (Å²) in [5, 5.41) is 24.4. The van der Waals surface area contributed by atoms with Crippen molar-refractivity contribution in [2.24, 2.45) is 5.41 Å². The molecule has 0 heterocycles. The summed E-state index contributed by atoms with van der Waals surface area (Å²) in [6.07, 6.45) is 2.02. The minimum atomic E-state index is -1.42. The smallest absolute Gasteiger partial charge is 0.328 e. The molecular formula is C14H24O10P+. The molecule has 11 heteroatoms. The van der Waals surface area contributed by atoms with E-state index in [0.717, 1.165) is 6.42 Å². The molecule has 0 radical (unpaired) electrons. The molecule has 10 nitrogen and oxygen atoms in total. The van der Waals surface area contributed by atoms with Crippen LogP contribution in [0.5, 0.6) is 0 Å². The van der Waals surface area contributed by atoms with Crippen molar-refractivity contribution >= 4 is 32.7 Å². The van der Waals surface area contributed by atoms with E-state index in [1.807, 2.05) is 6.92 Å². The number of hydrogen-bond acceptors (Lipinski definition) is 7. The molecule has 3 N–H and O–H groups in total. The predicted molar refractivity (Wildman–Crippen MR) is 88.7 cm³/mol. The summed E-state index contributed by atoms with van der Waals surface area (Å²) in [6, 6.07) is 0. The zero-order valence-corrected chi connectivity index (χ0v) is 15.4. The number of ether oxygens (including phenoxy) is 1. The van der Waals surface area contributed by atoms with Crippen molar-refractivity contribution in [3.8, 4) is 0 Å². The average molecular weight is 383 g/mol. The van der Waals surface area contributed by atoms with Crippen molar-refractivity contribution in [3.05, 3.63) is 12.2 Å². The summed E-state index contributed by atoms with van der Waals surface area (Å²) < 4.78 is 15.0. The molecule has 0 aliphatic heterocycles. The van der Waals surface area contributed by atoms with Gasteiger partial charge in [-0.3, -0.25) is 9.59 Å². The van der Waals surface area contributed by atoms with Gasteiger partial charge in [0.1, 0.15) is 5.41 Å². The van der Waals surface area contributed by atoms with Gasteiger partial charge in [-0.05, 0) is 20.3 Å². The van der Waals surface area contributed by atoms with Gasteiger partial charge in [-0.2, -0.15) is 4.52 Å². The van der Waals surface area contributed by atoms with E-state index in [2.05, 4.69) is 0 Å². The van der Waals surface area contributed by atoms with Crippen LogP contribution in [-0.4, -0.2) is 59.0 Å². The van der Waals surface area contributed by atoms with Crippen molar-refractivity contribution in [1.82, 2.24) is 0 Å². The summed E-state index contributed by atoms with van der Waals surface area (Å²) >= 11 is 0. The lowest BCUT2D eigenvalue weighted by Crippen LogP contribution is -2.35. The topological polar surface area (TPSA) is 157 Å². The third kappa shape index (κ3) is 15.4. The van der Waals surface area contributed by atoms with Gasteiger partial charge in [0.25, 0.3) is 9.03 Å². The van der Waals surface area contributed by atoms with E-state index in [1.54, 1.807) is 0 Å². The maximum Gasteiger partial charge on any atom is 0.328 e. The Morgan fingerprint density at radius 2 is 1.52 bits per heavy atom. The lowest BCUT2D eigenvalue weighted by molar-refractivity contribution is -0.153. The van der Waals surface area contributed by atoms with E-state index in [0.29, 0.717) is 18.8 Å². The Labute approximate surface area is 146 Å². The molecule has 0 bridgehead atoms. The molecule has 0 spiro atoms. The highest BCUT2D eigenvalue weighted by Crippen LogP contribution is 2.20. The van der Waals surface area contributed by atoms with Crippen LogP contribution in [-0.2, 0) is 33.0 Å². The first-order valence-corrected chi connectivity index (χ1v) is 8.03. The van der Waals surface area contributed by atoms with Crippen LogP contribution in [0.4, 0.5) is 0 Å². The monoisotopic (exact) mass is 383 g/mol. The number of carboxylic acid groups (broad SMARTS) is 3. The Morgan fingerprint density at radius 1 is 1.00 bits per heavy atom. The van der Waals surface area contributed by atoms with Gasteiger partial charge in [-0.15, -0.1) is 0 Å². The number of Topliss-reactive ketones (excluding diaryl/α,β-unsaturated/α-hetero) is 1. The zero-order valence-electron chi connectivity index (χ0n) is 14.3. The fourth-order valence-electron chi connectivity index (χ4n) is 0.879. The first-order valence-electron chi connectivity index (χ1n) is 7.08. The van der Waals surface area contributed by atoms with Crippen LogP contribution in [0.2, 0.25) is 0 Å². The fraction of sp³-hybridized carbons (Fsp3) is 0.571. The number of ketones is 1. The zero-order chi connectivity index (χ0) is 19.9. The number of carbonyl (C=O) groups is 4. The number of carboxylic acids is 3. The van der Waals surface area contributed by atoms with Crippen LogP contribution in [0.25, 0.3) is 0 Å². The Bertz CT molecular complexity index is 456. The summed E-state index contributed by atoms with van der Waals surface area (Å²) in [4.78, 5) is 41.3. The lowest BCUT2D eigenvalue weighted by Gasteiger charge is -2.15. The quantitative estimate of drug-likeness (QED) is 0.146. The van der Waals surface area contributed by atoms with Crippen LogP contribution < -0.4 is 0 Å². The van der Waals surface area contributed by atoms with Gasteiger partial charge in [0.15, 0.2) is 19.2 Å². The van der Waals surface area contributed by atoms with Crippen molar-refractivity contribution < 1.29 is 48.3 Å². The molecule has 0 aromatic carbocycles. The highest BCUT2D eigenvalue weighted by molar-refractivity contribution is 7.26. The summed E-state index contributed by atoms with van der Waals surface area (Å²) in [5.74, 6) is -4.15. The van der Waals surface area contributed by atoms with Crippen LogP contribution in [0.1, 0.15) is 27.2 Å². The summed E-state index contributed by atoms with van der Waals surface area (Å²) in [7, 11) is -0.805. The minimum absolute atomic E-state index is 0.139. The van der Waals surface area contributed by atoms with E-state index >= 15 is 0 Å². The molecule has 0 aliphatic rings. The van der Waals surface area contributed by atoms with E-state index in [-0.39, 0.29) is 13.4 Å². The molecule has 0 rings (SSSR count). The lowest BCUT2D eigenvalue weighted by atomic mass is 9.89. The Hall–Kier alpha value is -1.87. The molecule has 25 heavy (non-hydrogen) atoms. The Morgan fingerprint density at radius 3 is 1.92 bits per heavy atom. The molecule has 1 unspecified atom stereocenters. The molecule has 1 atom stereocenters. The second-order valence-electron chi connectivity index (χ2n) is 4.96. The molecule has 0 aliphatic carbocycles. The third-order valence-corrected chi connectivity index (χ3v) is 3.03. The second-order valence-corrected chi connectivity index (χ2v) is 5.82. The summed E-state index contributed by atoms with van der Waals surface area (Å²) in [6.45, 7) is 5.19. The number of carbonyl (C=O) groups excluding carboxylic acids is 1. The van der Waals surface area contributed by atoms with E-state index < -0.39 is 38.1 Å². The Balaban J connectivity index is 0. The van der Waals surface area contributed by atoms with Gasteiger partial charge >= 0.3 is 17.9 Å². The van der Waals surface area contributed by atoms with Crippen molar-refractivity contribution in [3.63, 3.8) is 0 Å². The number of aliphatic carboxylic acids is 3. The average Bonchev–Trinajstić information content (AvgIpc) is 2.52. The third-order valence-electron chi connectivity index (χ3n) is 2.45. The van der Waals surface area contributed by atoms with Gasteiger partial charge in [-0.25, -0.2) is 14.1 Å². The summed E-state index contributed by atoms with van der Waals surface area (Å²) in [5.41, 5.74) is -1.42. The largest absolute Gasteiger partial charge is 0.481 e. The fourth-order valence-corrected chi connectivity index (χ4v) is 1.35. The highest BCUT2D eigenvalue weighted by Gasteiger charge is 2.36. The maximum atomic E-state index is 11.5. The van der Waals surface area contributed by atoms with Crippen LogP contribution in [0, 0.1) is 5.41 Å². The van der Waals surface area contributed by atoms with Gasteiger partial charge in [0, 0.05) is 18.8 Å².